The van der Waals surface area contributed by atoms with Gasteiger partial charge in [-0.25, -0.2) is 4.79 Å². The molecule has 2 rings (SSSR count). The normalized spacial score (nSPS) is 16.3. The summed E-state index contributed by atoms with van der Waals surface area (Å²) < 4.78 is 5.19. The van der Waals surface area contributed by atoms with Crippen molar-refractivity contribution < 1.29 is 14.6 Å². The number of hydrogen-bond acceptors (Lipinski definition) is 5. The van der Waals surface area contributed by atoms with Crippen LogP contribution in [0.25, 0.3) is 0 Å². The molecule has 0 unspecified atom stereocenters. The van der Waals surface area contributed by atoms with E-state index < -0.39 is 11.7 Å². The minimum atomic E-state index is -0.547. The molecule has 1 heterocycles. The number of carbonyl (C=O) groups is 1. The molecule has 1 aliphatic heterocycles. The molecule has 0 atom stereocenters. The molecule has 0 saturated carbocycles. The summed E-state index contributed by atoms with van der Waals surface area (Å²) in [5, 5.41) is 16.1. The summed E-state index contributed by atoms with van der Waals surface area (Å²) in [4.78, 5) is 14.0. The Labute approximate surface area is 131 Å². The van der Waals surface area contributed by atoms with Crippen LogP contribution in [0.15, 0.2) is 18.2 Å². The molecule has 22 heavy (non-hydrogen) atoms. The number of hydrogen-bond donors (Lipinski definition) is 3. The average molecular weight is 307 g/mol. The second-order valence-corrected chi connectivity index (χ2v) is 6.50. The van der Waals surface area contributed by atoms with Gasteiger partial charge in [0.1, 0.15) is 11.4 Å². The third kappa shape index (κ3) is 5.20. The summed E-state index contributed by atoms with van der Waals surface area (Å²) in [6, 6.07) is 5.17. The van der Waals surface area contributed by atoms with E-state index in [1.54, 1.807) is 32.9 Å². The zero-order valence-electron chi connectivity index (χ0n) is 13.5. The zero-order chi connectivity index (χ0) is 16.2. The third-order valence-electron chi connectivity index (χ3n) is 3.33. The molecule has 3 N–H and O–H groups in total. The molecular weight excluding hydrogens is 282 g/mol. The van der Waals surface area contributed by atoms with Gasteiger partial charge >= 0.3 is 6.09 Å². The molecular formula is C16H25N3O3. The standard InChI is InChI=1S/C16H25N3O3/c1-16(2,3)22-15(21)18-13-5-4-12(14(20)10-13)11-19-8-6-17-7-9-19/h4-5,10,17,20H,6-9,11H2,1-3H3,(H,18,21). The first kappa shape index (κ1) is 16.6. The zero-order valence-corrected chi connectivity index (χ0v) is 13.5. The number of carbonyl (C=O) groups excluding carboxylic acids is 1. The molecule has 1 fully saturated rings. The van der Waals surface area contributed by atoms with Crippen molar-refractivity contribution in [2.24, 2.45) is 0 Å². The van der Waals surface area contributed by atoms with Gasteiger partial charge in [0.25, 0.3) is 0 Å². The predicted molar refractivity (Wildman–Crippen MR) is 86.1 cm³/mol. The van der Waals surface area contributed by atoms with Crippen molar-refractivity contribution in [3.05, 3.63) is 23.8 Å². The lowest BCUT2D eigenvalue weighted by atomic mass is 10.1. The Bertz CT molecular complexity index is 520. The maximum Gasteiger partial charge on any atom is 0.412 e. The van der Waals surface area contributed by atoms with Crippen molar-refractivity contribution in [1.29, 1.82) is 0 Å². The Hall–Kier alpha value is -1.79. The van der Waals surface area contributed by atoms with E-state index in [9.17, 15) is 9.90 Å². The van der Waals surface area contributed by atoms with E-state index in [4.69, 9.17) is 4.74 Å². The van der Waals surface area contributed by atoms with Gasteiger partial charge in [-0.1, -0.05) is 6.07 Å². The van der Waals surface area contributed by atoms with E-state index in [0.29, 0.717) is 12.2 Å². The molecule has 122 valence electrons. The maximum absolute atomic E-state index is 11.7. The number of rotatable bonds is 3. The lowest BCUT2D eigenvalue weighted by Gasteiger charge is -2.27. The monoisotopic (exact) mass is 307 g/mol. The minimum absolute atomic E-state index is 0.187. The predicted octanol–water partition coefficient (Wildman–Crippen LogP) is 2.14. The smallest absolute Gasteiger partial charge is 0.412 e. The number of phenols is 1. The van der Waals surface area contributed by atoms with E-state index in [-0.39, 0.29) is 5.75 Å². The number of aromatic hydroxyl groups is 1. The van der Waals surface area contributed by atoms with Crippen LogP contribution in [0, 0.1) is 0 Å². The third-order valence-corrected chi connectivity index (χ3v) is 3.33. The van der Waals surface area contributed by atoms with Crippen LogP contribution in [-0.4, -0.2) is 47.9 Å². The Morgan fingerprint density at radius 1 is 1.36 bits per heavy atom. The minimum Gasteiger partial charge on any atom is -0.508 e. The van der Waals surface area contributed by atoms with E-state index in [0.717, 1.165) is 31.7 Å². The van der Waals surface area contributed by atoms with Gasteiger partial charge in [0.05, 0.1) is 0 Å². The molecule has 6 nitrogen and oxygen atoms in total. The van der Waals surface area contributed by atoms with Crippen LogP contribution >= 0.6 is 0 Å². The molecule has 6 heteroatoms. The number of amides is 1. The van der Waals surface area contributed by atoms with Crippen molar-refractivity contribution in [3.63, 3.8) is 0 Å². The largest absolute Gasteiger partial charge is 0.508 e. The van der Waals surface area contributed by atoms with Gasteiger partial charge in [-0.05, 0) is 26.8 Å². The number of ether oxygens (including phenoxy) is 1. The number of benzene rings is 1. The van der Waals surface area contributed by atoms with Gasteiger partial charge in [-0.15, -0.1) is 0 Å². The highest BCUT2D eigenvalue weighted by atomic mass is 16.6. The van der Waals surface area contributed by atoms with Crippen molar-refractivity contribution in [1.82, 2.24) is 10.2 Å². The molecule has 0 aromatic heterocycles. The fourth-order valence-electron chi connectivity index (χ4n) is 2.31. The Morgan fingerprint density at radius 3 is 2.64 bits per heavy atom. The Balaban J connectivity index is 1.95. The first-order valence-electron chi connectivity index (χ1n) is 7.58. The van der Waals surface area contributed by atoms with Crippen LogP contribution < -0.4 is 10.6 Å². The quantitative estimate of drug-likeness (QED) is 0.798. The average Bonchev–Trinajstić information content (AvgIpc) is 2.41. The van der Waals surface area contributed by atoms with Gasteiger partial charge in [0.15, 0.2) is 0 Å². The van der Waals surface area contributed by atoms with E-state index in [2.05, 4.69) is 15.5 Å². The van der Waals surface area contributed by atoms with E-state index in [1.807, 2.05) is 6.07 Å². The van der Waals surface area contributed by atoms with Crippen molar-refractivity contribution in [2.75, 3.05) is 31.5 Å². The van der Waals surface area contributed by atoms with Gasteiger partial charge in [-0.2, -0.15) is 0 Å². The second kappa shape index (κ2) is 6.98. The van der Waals surface area contributed by atoms with Crippen LogP contribution in [0.3, 0.4) is 0 Å². The summed E-state index contributed by atoms with van der Waals surface area (Å²) >= 11 is 0. The molecule has 1 saturated heterocycles. The van der Waals surface area contributed by atoms with Crippen molar-refractivity contribution in [2.45, 2.75) is 32.9 Å². The van der Waals surface area contributed by atoms with Gasteiger partial charge in [0, 0.05) is 50.0 Å². The highest BCUT2D eigenvalue weighted by Crippen LogP contribution is 2.24. The second-order valence-electron chi connectivity index (χ2n) is 6.50. The van der Waals surface area contributed by atoms with Crippen molar-refractivity contribution >= 4 is 11.8 Å². The summed E-state index contributed by atoms with van der Waals surface area (Å²) in [7, 11) is 0. The number of nitrogens with zero attached hydrogens (tertiary/aromatic N) is 1. The number of anilines is 1. The molecule has 1 aromatic carbocycles. The molecule has 0 radical (unpaired) electrons. The Morgan fingerprint density at radius 2 is 2.05 bits per heavy atom. The fourth-order valence-corrected chi connectivity index (χ4v) is 2.31. The van der Waals surface area contributed by atoms with E-state index in [1.165, 1.54) is 0 Å². The first-order chi connectivity index (χ1) is 10.3. The Kier molecular flexibility index (Phi) is 5.26. The summed E-state index contributed by atoms with van der Waals surface area (Å²) in [6.07, 6.45) is -0.526. The van der Waals surface area contributed by atoms with Crippen molar-refractivity contribution in [3.8, 4) is 5.75 Å². The lowest BCUT2D eigenvalue weighted by Crippen LogP contribution is -2.42. The molecule has 0 aliphatic carbocycles. The van der Waals surface area contributed by atoms with Gasteiger partial charge in [-0.3, -0.25) is 10.2 Å². The van der Waals surface area contributed by atoms with Crippen LogP contribution in [-0.2, 0) is 11.3 Å². The topological polar surface area (TPSA) is 73.8 Å². The van der Waals surface area contributed by atoms with Crippen LogP contribution in [0.1, 0.15) is 26.3 Å². The number of piperazine rings is 1. The van der Waals surface area contributed by atoms with Gasteiger partial charge in [0.2, 0.25) is 0 Å². The summed E-state index contributed by atoms with van der Waals surface area (Å²) in [5.41, 5.74) is 0.835. The lowest BCUT2D eigenvalue weighted by molar-refractivity contribution is 0.0636. The molecule has 1 aromatic rings. The van der Waals surface area contributed by atoms with Crippen LogP contribution in [0.4, 0.5) is 10.5 Å². The number of phenolic OH excluding ortho intramolecular Hbond substituents is 1. The fraction of sp³-hybridized carbons (Fsp3) is 0.562. The first-order valence-corrected chi connectivity index (χ1v) is 7.58. The summed E-state index contributed by atoms with van der Waals surface area (Å²) in [5.74, 6) is 0.187. The van der Waals surface area contributed by atoms with E-state index >= 15 is 0 Å². The molecule has 0 spiro atoms. The van der Waals surface area contributed by atoms with Gasteiger partial charge < -0.3 is 15.2 Å². The highest BCUT2D eigenvalue weighted by Gasteiger charge is 2.17. The number of nitrogens with one attached hydrogen (secondary N) is 2. The highest BCUT2D eigenvalue weighted by molar-refractivity contribution is 5.85. The van der Waals surface area contributed by atoms with Crippen LogP contribution in [0.5, 0.6) is 5.75 Å². The van der Waals surface area contributed by atoms with Crippen LogP contribution in [0.2, 0.25) is 0 Å². The maximum atomic E-state index is 11.7. The summed E-state index contributed by atoms with van der Waals surface area (Å²) in [6.45, 7) is 10.0. The molecule has 0 bridgehead atoms. The molecule has 1 amide bonds. The SMILES string of the molecule is CC(C)(C)OC(=O)Nc1ccc(CN2CCNCC2)c(O)c1. The molecule has 1 aliphatic rings.